The summed E-state index contributed by atoms with van der Waals surface area (Å²) in [6, 6.07) is 11.8. The van der Waals surface area contributed by atoms with E-state index in [4.69, 9.17) is 16.3 Å². The summed E-state index contributed by atoms with van der Waals surface area (Å²) in [7, 11) is 0. The summed E-state index contributed by atoms with van der Waals surface area (Å²) in [4.78, 5) is 20.2. The zero-order valence-corrected chi connectivity index (χ0v) is 17.5. The van der Waals surface area contributed by atoms with Crippen LogP contribution in [0.2, 0.25) is 5.02 Å². The van der Waals surface area contributed by atoms with Crippen molar-refractivity contribution in [3.63, 3.8) is 0 Å². The monoisotopic (exact) mass is 413 g/mol. The molecule has 1 aromatic carbocycles. The standard InChI is InChI=1S/C23H28ClN3O2/c24-20-6-4-5-19(15-20)23(9-13-29-14-10-23)22(28)26-17-18-7-8-21(25-16-18)27-11-2-1-3-12-27/h4-8,15-16H,1-3,9-14,17H2,(H,26,28). The van der Waals surface area contributed by atoms with Gasteiger partial charge in [-0.25, -0.2) is 4.98 Å². The van der Waals surface area contributed by atoms with Crippen LogP contribution >= 0.6 is 11.6 Å². The van der Waals surface area contributed by atoms with Crippen molar-refractivity contribution in [2.24, 2.45) is 0 Å². The van der Waals surface area contributed by atoms with Gasteiger partial charge in [0.15, 0.2) is 0 Å². The molecular weight excluding hydrogens is 386 g/mol. The maximum Gasteiger partial charge on any atom is 0.231 e. The molecule has 2 aromatic rings. The Balaban J connectivity index is 1.44. The number of hydrogen-bond donors (Lipinski definition) is 1. The lowest BCUT2D eigenvalue weighted by atomic mass is 9.73. The zero-order chi connectivity index (χ0) is 20.1. The van der Waals surface area contributed by atoms with Crippen LogP contribution in [-0.4, -0.2) is 37.2 Å². The molecule has 2 aliphatic heterocycles. The van der Waals surface area contributed by atoms with Crippen molar-refractivity contribution in [3.8, 4) is 0 Å². The number of halogens is 1. The third-order valence-corrected chi connectivity index (χ3v) is 6.34. The zero-order valence-electron chi connectivity index (χ0n) is 16.7. The molecular formula is C23H28ClN3O2. The van der Waals surface area contributed by atoms with Crippen molar-refractivity contribution < 1.29 is 9.53 Å². The molecule has 2 aliphatic rings. The van der Waals surface area contributed by atoms with Crippen LogP contribution in [-0.2, 0) is 21.5 Å². The number of benzene rings is 1. The number of anilines is 1. The van der Waals surface area contributed by atoms with E-state index in [2.05, 4.69) is 27.3 Å². The number of nitrogens with zero attached hydrogens (tertiary/aromatic N) is 2. The maximum atomic E-state index is 13.3. The Morgan fingerprint density at radius 1 is 1.14 bits per heavy atom. The fraction of sp³-hybridized carbons (Fsp3) is 0.478. The Kier molecular flexibility index (Phi) is 6.36. The van der Waals surface area contributed by atoms with Crippen LogP contribution < -0.4 is 10.2 Å². The van der Waals surface area contributed by atoms with E-state index in [0.29, 0.717) is 37.6 Å². The molecule has 0 atom stereocenters. The van der Waals surface area contributed by atoms with E-state index >= 15 is 0 Å². The molecule has 6 heteroatoms. The summed E-state index contributed by atoms with van der Waals surface area (Å²) < 4.78 is 5.53. The summed E-state index contributed by atoms with van der Waals surface area (Å²) >= 11 is 6.21. The number of carbonyl (C=O) groups excluding carboxylic acids is 1. The van der Waals surface area contributed by atoms with Gasteiger partial charge in [-0.1, -0.05) is 29.8 Å². The molecule has 0 saturated carbocycles. The molecule has 0 bridgehead atoms. The Morgan fingerprint density at radius 2 is 1.93 bits per heavy atom. The largest absolute Gasteiger partial charge is 0.381 e. The summed E-state index contributed by atoms with van der Waals surface area (Å²) in [5.74, 6) is 1.06. The third kappa shape index (κ3) is 4.57. The van der Waals surface area contributed by atoms with E-state index in [1.807, 2.05) is 30.5 Å². The van der Waals surface area contributed by atoms with Gasteiger partial charge in [-0.05, 0) is 61.4 Å². The molecule has 3 heterocycles. The molecule has 154 valence electrons. The topological polar surface area (TPSA) is 54.5 Å². The van der Waals surface area contributed by atoms with E-state index in [9.17, 15) is 4.79 Å². The minimum Gasteiger partial charge on any atom is -0.381 e. The van der Waals surface area contributed by atoms with Crippen LogP contribution in [0.5, 0.6) is 0 Å². The highest BCUT2D eigenvalue weighted by Crippen LogP contribution is 2.36. The van der Waals surface area contributed by atoms with Crippen LogP contribution in [0.1, 0.15) is 43.2 Å². The first-order chi connectivity index (χ1) is 14.2. The van der Waals surface area contributed by atoms with Gasteiger partial charge in [0.2, 0.25) is 5.91 Å². The first-order valence-corrected chi connectivity index (χ1v) is 10.9. The van der Waals surface area contributed by atoms with E-state index in [1.54, 1.807) is 0 Å². The number of rotatable bonds is 5. The molecule has 2 fully saturated rings. The molecule has 0 aliphatic carbocycles. The normalized spacial score (nSPS) is 19.0. The third-order valence-electron chi connectivity index (χ3n) is 6.10. The second kappa shape index (κ2) is 9.14. The molecule has 0 radical (unpaired) electrons. The average molecular weight is 414 g/mol. The lowest BCUT2D eigenvalue weighted by Crippen LogP contribution is -2.47. The van der Waals surface area contributed by atoms with Gasteiger partial charge in [-0.3, -0.25) is 4.79 Å². The molecule has 1 amide bonds. The highest BCUT2D eigenvalue weighted by molar-refractivity contribution is 6.30. The van der Waals surface area contributed by atoms with Crippen LogP contribution in [0.15, 0.2) is 42.6 Å². The Morgan fingerprint density at radius 3 is 2.62 bits per heavy atom. The summed E-state index contributed by atoms with van der Waals surface area (Å²) in [6.45, 7) is 3.77. The quantitative estimate of drug-likeness (QED) is 0.802. The first-order valence-electron chi connectivity index (χ1n) is 10.5. The SMILES string of the molecule is O=C(NCc1ccc(N2CCCCC2)nc1)C1(c2cccc(Cl)c2)CCOCC1. The van der Waals surface area contributed by atoms with E-state index < -0.39 is 5.41 Å². The minimum absolute atomic E-state index is 0.0307. The van der Waals surface area contributed by atoms with E-state index in [0.717, 1.165) is 30.0 Å². The van der Waals surface area contributed by atoms with Crippen molar-refractivity contribution in [1.82, 2.24) is 10.3 Å². The highest BCUT2D eigenvalue weighted by Gasteiger charge is 2.41. The van der Waals surface area contributed by atoms with Crippen LogP contribution in [0, 0.1) is 0 Å². The van der Waals surface area contributed by atoms with Crippen molar-refractivity contribution in [2.45, 2.75) is 44.1 Å². The van der Waals surface area contributed by atoms with Gasteiger partial charge in [0.1, 0.15) is 5.82 Å². The van der Waals surface area contributed by atoms with Gasteiger partial charge in [0.05, 0.1) is 5.41 Å². The Hall–Kier alpha value is -2.11. The number of nitrogens with one attached hydrogen (secondary N) is 1. The van der Waals surface area contributed by atoms with E-state index in [-0.39, 0.29) is 5.91 Å². The predicted octanol–water partition coefficient (Wildman–Crippen LogP) is 4.09. The Labute approximate surface area is 177 Å². The van der Waals surface area contributed by atoms with Gasteiger partial charge >= 0.3 is 0 Å². The number of pyridine rings is 1. The van der Waals surface area contributed by atoms with Gasteiger partial charge in [-0.15, -0.1) is 0 Å². The molecule has 29 heavy (non-hydrogen) atoms. The number of amides is 1. The smallest absolute Gasteiger partial charge is 0.231 e. The van der Waals surface area contributed by atoms with Crippen molar-refractivity contribution in [2.75, 3.05) is 31.2 Å². The van der Waals surface area contributed by atoms with Crippen molar-refractivity contribution in [3.05, 3.63) is 58.7 Å². The number of piperidine rings is 1. The summed E-state index contributed by atoms with van der Waals surface area (Å²) in [5, 5.41) is 3.79. The summed E-state index contributed by atoms with van der Waals surface area (Å²) in [6.07, 6.45) is 6.96. The lowest BCUT2D eigenvalue weighted by molar-refractivity contribution is -0.130. The predicted molar refractivity (Wildman–Crippen MR) is 115 cm³/mol. The number of ether oxygens (including phenoxy) is 1. The first kappa shape index (κ1) is 20.2. The lowest BCUT2D eigenvalue weighted by Gasteiger charge is -2.36. The second-order valence-corrected chi connectivity index (χ2v) is 8.40. The van der Waals surface area contributed by atoms with Gasteiger partial charge in [0.25, 0.3) is 0 Å². The van der Waals surface area contributed by atoms with Crippen LogP contribution in [0.4, 0.5) is 5.82 Å². The number of hydrogen-bond acceptors (Lipinski definition) is 4. The molecule has 1 aromatic heterocycles. The van der Waals surface area contributed by atoms with Gasteiger partial charge < -0.3 is 15.0 Å². The summed E-state index contributed by atoms with van der Waals surface area (Å²) in [5.41, 5.74) is 1.38. The fourth-order valence-corrected chi connectivity index (χ4v) is 4.53. The van der Waals surface area contributed by atoms with Gasteiger partial charge in [-0.2, -0.15) is 0 Å². The van der Waals surface area contributed by atoms with Crippen LogP contribution in [0.3, 0.4) is 0 Å². The van der Waals surface area contributed by atoms with Gasteiger partial charge in [0, 0.05) is 44.1 Å². The van der Waals surface area contributed by atoms with Crippen LogP contribution in [0.25, 0.3) is 0 Å². The Bertz CT molecular complexity index is 828. The molecule has 5 nitrogen and oxygen atoms in total. The second-order valence-electron chi connectivity index (χ2n) is 7.96. The number of aromatic nitrogens is 1. The van der Waals surface area contributed by atoms with Crippen molar-refractivity contribution in [1.29, 1.82) is 0 Å². The van der Waals surface area contributed by atoms with E-state index in [1.165, 1.54) is 19.3 Å². The highest BCUT2D eigenvalue weighted by atomic mass is 35.5. The number of carbonyl (C=O) groups is 1. The maximum absolute atomic E-state index is 13.3. The van der Waals surface area contributed by atoms with Crippen molar-refractivity contribution >= 4 is 23.3 Å². The minimum atomic E-state index is -0.593. The molecule has 2 saturated heterocycles. The molecule has 0 unspecified atom stereocenters. The average Bonchev–Trinajstić information content (AvgIpc) is 2.79. The fourth-order valence-electron chi connectivity index (χ4n) is 4.34. The molecule has 4 rings (SSSR count). The molecule has 0 spiro atoms. The molecule has 1 N–H and O–H groups in total.